The van der Waals surface area contributed by atoms with Gasteiger partial charge in [0.15, 0.2) is 19.9 Å². The second-order valence-electron chi connectivity index (χ2n) is 7.28. The number of ether oxygens (including phenoxy) is 2. The van der Waals surface area contributed by atoms with Gasteiger partial charge in [0.1, 0.15) is 12.2 Å². The summed E-state index contributed by atoms with van der Waals surface area (Å²) < 4.78 is 17.6. The van der Waals surface area contributed by atoms with Crippen molar-refractivity contribution in [1.82, 2.24) is 0 Å². The first-order valence-electron chi connectivity index (χ1n) is 6.86. The maximum absolute atomic E-state index is 11.6. The highest BCUT2D eigenvalue weighted by Gasteiger charge is 2.45. The van der Waals surface area contributed by atoms with Crippen molar-refractivity contribution in [3.05, 3.63) is 0 Å². The van der Waals surface area contributed by atoms with Crippen molar-refractivity contribution in [3.63, 3.8) is 0 Å². The van der Waals surface area contributed by atoms with Crippen LogP contribution in [0, 0.1) is 0 Å². The van der Waals surface area contributed by atoms with Gasteiger partial charge in [0, 0.05) is 0 Å². The van der Waals surface area contributed by atoms with Crippen LogP contribution in [0.3, 0.4) is 0 Å². The lowest BCUT2D eigenvalue weighted by Gasteiger charge is -2.37. The Kier molecular flexibility index (Phi) is 4.67. The molecule has 0 aromatic carbocycles. The first-order valence-corrected chi connectivity index (χ1v) is 9.77. The van der Waals surface area contributed by atoms with Crippen LogP contribution < -0.4 is 0 Å². The molecule has 1 rings (SSSR count). The molecule has 2 atom stereocenters. The zero-order valence-corrected chi connectivity index (χ0v) is 14.5. The van der Waals surface area contributed by atoms with Gasteiger partial charge in [0.2, 0.25) is 0 Å². The first-order chi connectivity index (χ1) is 8.36. The van der Waals surface area contributed by atoms with Crippen molar-refractivity contribution in [2.24, 2.45) is 0 Å². The average molecular weight is 288 g/mol. The molecular formula is C14H28O4Si. The van der Waals surface area contributed by atoms with E-state index in [-0.39, 0.29) is 16.9 Å². The molecular weight excluding hydrogens is 260 g/mol. The van der Waals surface area contributed by atoms with Gasteiger partial charge in [0.05, 0.1) is 6.61 Å². The third kappa shape index (κ3) is 4.11. The zero-order chi connectivity index (χ0) is 15.1. The molecule has 0 unspecified atom stereocenters. The average Bonchev–Trinajstić information content (AvgIpc) is 2.49. The van der Waals surface area contributed by atoms with E-state index in [0.29, 0.717) is 6.61 Å². The first kappa shape index (κ1) is 16.8. The van der Waals surface area contributed by atoms with Crippen LogP contribution in [-0.2, 0) is 18.7 Å². The summed E-state index contributed by atoms with van der Waals surface area (Å²) in [5, 5.41) is 0.147. The van der Waals surface area contributed by atoms with E-state index in [4.69, 9.17) is 13.9 Å². The molecule has 4 nitrogen and oxygen atoms in total. The van der Waals surface area contributed by atoms with Crippen molar-refractivity contribution in [3.8, 4) is 0 Å². The molecule has 5 heteroatoms. The molecule has 19 heavy (non-hydrogen) atoms. The van der Waals surface area contributed by atoms with Crippen LogP contribution in [0.4, 0.5) is 0 Å². The Morgan fingerprint density at radius 2 is 1.79 bits per heavy atom. The summed E-state index contributed by atoms with van der Waals surface area (Å²) in [5.41, 5.74) is 0. The lowest BCUT2D eigenvalue weighted by Crippen LogP contribution is -2.44. The highest BCUT2D eigenvalue weighted by molar-refractivity contribution is 6.74. The largest absolute Gasteiger partial charge is 0.414 e. The molecule has 112 valence electrons. The molecule has 0 amide bonds. The Labute approximate surface area is 117 Å². The summed E-state index contributed by atoms with van der Waals surface area (Å²) >= 11 is 0. The Hall–Kier alpha value is -0.233. The topological polar surface area (TPSA) is 44.8 Å². The lowest BCUT2D eigenvalue weighted by atomic mass is 10.1. The van der Waals surface area contributed by atoms with E-state index in [0.717, 1.165) is 0 Å². The number of hydrogen-bond donors (Lipinski definition) is 0. The molecule has 0 saturated carbocycles. The third-order valence-electron chi connectivity index (χ3n) is 4.00. The smallest absolute Gasteiger partial charge is 0.192 e. The molecule has 0 aromatic rings. The van der Waals surface area contributed by atoms with Gasteiger partial charge >= 0.3 is 0 Å². The van der Waals surface area contributed by atoms with Crippen LogP contribution in [-0.4, -0.2) is 38.7 Å². The fourth-order valence-corrected chi connectivity index (χ4v) is 2.82. The Balaban J connectivity index is 2.69. The third-order valence-corrected chi connectivity index (χ3v) is 8.50. The van der Waals surface area contributed by atoms with Gasteiger partial charge in [-0.3, -0.25) is 4.79 Å². The highest BCUT2D eigenvalue weighted by Crippen LogP contribution is 2.37. The summed E-state index contributed by atoms with van der Waals surface area (Å²) in [5.74, 6) is -0.716. The number of rotatable bonds is 4. The van der Waals surface area contributed by atoms with Crippen molar-refractivity contribution >= 4 is 14.1 Å². The molecule has 1 fully saturated rings. The van der Waals surface area contributed by atoms with Gasteiger partial charge in [-0.1, -0.05) is 20.8 Å². The number of Topliss-reactive ketones (excluding diaryl/α,β-unsaturated/α-hetero) is 1. The Morgan fingerprint density at radius 3 is 2.21 bits per heavy atom. The molecule has 1 aliphatic heterocycles. The predicted molar refractivity (Wildman–Crippen MR) is 77.7 cm³/mol. The molecule has 0 spiro atoms. The minimum Gasteiger partial charge on any atom is -0.414 e. The standard InChI is InChI=1S/C14H28O4Si/c1-10(15)12-11(17-14(5,6)18-12)9-16-19(7,8)13(2,3)4/h11-12H,9H2,1-8H3/t11-,12-/m0/s1. The molecule has 0 N–H and O–H groups in total. The fraction of sp³-hybridized carbons (Fsp3) is 0.929. The monoisotopic (exact) mass is 288 g/mol. The minimum absolute atomic E-state index is 0.00518. The van der Waals surface area contributed by atoms with Crippen LogP contribution in [0.25, 0.3) is 0 Å². The van der Waals surface area contributed by atoms with Gasteiger partial charge in [-0.05, 0) is 38.9 Å². The molecule has 0 bridgehead atoms. The minimum atomic E-state index is -1.83. The van der Waals surface area contributed by atoms with E-state index in [1.54, 1.807) is 0 Å². The van der Waals surface area contributed by atoms with E-state index in [2.05, 4.69) is 33.9 Å². The summed E-state index contributed by atoms with van der Waals surface area (Å²) in [7, 11) is -1.83. The van der Waals surface area contributed by atoms with E-state index in [9.17, 15) is 4.79 Å². The molecule has 1 aliphatic rings. The second kappa shape index (κ2) is 5.28. The van der Waals surface area contributed by atoms with Crippen molar-refractivity contribution in [1.29, 1.82) is 0 Å². The number of carbonyl (C=O) groups is 1. The van der Waals surface area contributed by atoms with Gasteiger partial charge in [-0.2, -0.15) is 0 Å². The summed E-state index contributed by atoms with van der Waals surface area (Å²) in [6.45, 7) is 16.6. The second-order valence-corrected chi connectivity index (χ2v) is 12.1. The molecule has 0 aliphatic carbocycles. The number of carbonyl (C=O) groups excluding carboxylic acids is 1. The summed E-state index contributed by atoms with van der Waals surface area (Å²) in [6.07, 6.45) is -0.818. The zero-order valence-electron chi connectivity index (χ0n) is 13.5. The van der Waals surface area contributed by atoms with Gasteiger partial charge in [-0.15, -0.1) is 0 Å². The van der Waals surface area contributed by atoms with Crippen LogP contribution in [0.15, 0.2) is 0 Å². The van der Waals surface area contributed by atoms with Gasteiger partial charge in [-0.25, -0.2) is 0 Å². The van der Waals surface area contributed by atoms with E-state index < -0.39 is 20.2 Å². The molecule has 1 saturated heterocycles. The normalized spacial score (nSPS) is 27.6. The fourth-order valence-electron chi connectivity index (χ4n) is 1.81. The maximum Gasteiger partial charge on any atom is 0.192 e. The quantitative estimate of drug-likeness (QED) is 0.746. The van der Waals surface area contributed by atoms with Crippen molar-refractivity contribution in [2.75, 3.05) is 6.61 Å². The molecule has 0 aromatic heterocycles. The van der Waals surface area contributed by atoms with Gasteiger partial charge < -0.3 is 13.9 Å². The highest BCUT2D eigenvalue weighted by atomic mass is 28.4. The maximum atomic E-state index is 11.6. The summed E-state index contributed by atoms with van der Waals surface area (Å²) in [6, 6.07) is 0. The van der Waals surface area contributed by atoms with Crippen LogP contribution in [0.5, 0.6) is 0 Å². The molecule has 1 heterocycles. The lowest BCUT2D eigenvalue weighted by molar-refractivity contribution is -0.155. The van der Waals surface area contributed by atoms with E-state index in [1.165, 1.54) is 6.92 Å². The van der Waals surface area contributed by atoms with Crippen LogP contribution in [0.1, 0.15) is 41.5 Å². The Bertz CT molecular complexity index is 344. The predicted octanol–water partition coefficient (Wildman–Crippen LogP) is 3.12. The van der Waals surface area contributed by atoms with Crippen molar-refractivity contribution in [2.45, 2.75) is 77.7 Å². The SMILES string of the molecule is CC(=O)[C@@H]1OC(C)(C)O[C@H]1CO[Si](C)(C)C(C)(C)C. The number of hydrogen-bond acceptors (Lipinski definition) is 4. The van der Waals surface area contributed by atoms with Crippen LogP contribution in [0.2, 0.25) is 18.1 Å². The number of ketones is 1. The van der Waals surface area contributed by atoms with Crippen LogP contribution >= 0.6 is 0 Å². The summed E-state index contributed by atoms with van der Waals surface area (Å²) in [4.78, 5) is 11.6. The van der Waals surface area contributed by atoms with E-state index >= 15 is 0 Å². The van der Waals surface area contributed by atoms with Gasteiger partial charge in [0.25, 0.3) is 0 Å². The van der Waals surface area contributed by atoms with Crippen molar-refractivity contribution < 1.29 is 18.7 Å². The van der Waals surface area contributed by atoms with E-state index in [1.807, 2.05) is 13.8 Å². The molecule has 0 radical (unpaired) electrons. The Morgan fingerprint density at radius 1 is 1.26 bits per heavy atom.